The smallest absolute Gasteiger partial charge is 0.0449 e. The van der Waals surface area contributed by atoms with E-state index in [1.54, 1.807) is 0 Å². The fourth-order valence-corrected chi connectivity index (χ4v) is 2.03. The van der Waals surface area contributed by atoms with Gasteiger partial charge in [-0.2, -0.15) is 0 Å². The number of nitrogens with one attached hydrogen (secondary N) is 1. The first-order chi connectivity index (χ1) is 7.69. The zero-order chi connectivity index (χ0) is 12.0. The van der Waals surface area contributed by atoms with E-state index in [4.69, 9.17) is 5.11 Å². The van der Waals surface area contributed by atoms with E-state index in [-0.39, 0.29) is 12.6 Å². The molecule has 0 bridgehead atoms. The Balaban J connectivity index is 2.82. The van der Waals surface area contributed by atoms with Crippen LogP contribution in [0, 0.1) is 13.8 Å². The van der Waals surface area contributed by atoms with Crippen molar-refractivity contribution in [3.8, 4) is 0 Å². The highest BCUT2D eigenvalue weighted by molar-refractivity contribution is 5.32. The third-order valence-corrected chi connectivity index (χ3v) is 2.86. The van der Waals surface area contributed by atoms with Gasteiger partial charge in [-0.1, -0.05) is 30.7 Å². The molecule has 2 nitrogen and oxygen atoms in total. The van der Waals surface area contributed by atoms with E-state index >= 15 is 0 Å². The number of benzene rings is 1. The molecule has 0 amide bonds. The number of aliphatic hydroxyl groups excluding tert-OH is 1. The minimum atomic E-state index is 0.231. The molecule has 0 aromatic heterocycles. The van der Waals surface area contributed by atoms with Crippen LogP contribution in [0.25, 0.3) is 0 Å². The summed E-state index contributed by atoms with van der Waals surface area (Å²) >= 11 is 0. The van der Waals surface area contributed by atoms with Crippen molar-refractivity contribution >= 4 is 0 Å². The SMILES string of the molecule is CCCNC(CCO)c1ccc(C)cc1C. The predicted octanol–water partition coefficient (Wildman–Crippen LogP) is 2.73. The standard InChI is InChI=1S/C14H23NO/c1-4-8-15-14(7-9-16)13-6-5-11(2)10-12(13)3/h5-6,10,14-16H,4,7-9H2,1-3H3. The third kappa shape index (κ3) is 3.62. The van der Waals surface area contributed by atoms with Gasteiger partial charge in [-0.05, 0) is 44.4 Å². The van der Waals surface area contributed by atoms with Gasteiger partial charge in [0.2, 0.25) is 0 Å². The lowest BCUT2D eigenvalue weighted by Gasteiger charge is -2.20. The summed E-state index contributed by atoms with van der Waals surface area (Å²) in [7, 11) is 0. The maximum Gasteiger partial charge on any atom is 0.0449 e. The topological polar surface area (TPSA) is 32.3 Å². The molecular formula is C14H23NO. The summed E-state index contributed by atoms with van der Waals surface area (Å²) in [4.78, 5) is 0. The summed E-state index contributed by atoms with van der Waals surface area (Å²) < 4.78 is 0. The van der Waals surface area contributed by atoms with Gasteiger partial charge in [0.25, 0.3) is 0 Å². The summed E-state index contributed by atoms with van der Waals surface area (Å²) in [6.07, 6.45) is 1.90. The van der Waals surface area contributed by atoms with E-state index in [2.05, 4.69) is 44.3 Å². The van der Waals surface area contributed by atoms with Crippen molar-refractivity contribution in [3.05, 3.63) is 34.9 Å². The normalized spacial score (nSPS) is 12.8. The largest absolute Gasteiger partial charge is 0.396 e. The Bertz CT molecular complexity index is 323. The molecule has 1 rings (SSSR count). The average Bonchev–Trinajstić information content (AvgIpc) is 2.25. The first kappa shape index (κ1) is 13.2. The highest BCUT2D eigenvalue weighted by Gasteiger charge is 2.12. The minimum Gasteiger partial charge on any atom is -0.396 e. The summed E-state index contributed by atoms with van der Waals surface area (Å²) in [6.45, 7) is 7.63. The first-order valence-corrected chi connectivity index (χ1v) is 6.10. The van der Waals surface area contributed by atoms with Crippen molar-refractivity contribution in [2.45, 2.75) is 39.7 Å². The van der Waals surface area contributed by atoms with Crippen molar-refractivity contribution < 1.29 is 5.11 Å². The second kappa shape index (κ2) is 6.66. The zero-order valence-corrected chi connectivity index (χ0v) is 10.6. The van der Waals surface area contributed by atoms with Gasteiger partial charge in [-0.15, -0.1) is 0 Å². The van der Waals surface area contributed by atoms with E-state index in [0.29, 0.717) is 0 Å². The molecule has 2 N–H and O–H groups in total. The molecule has 1 unspecified atom stereocenters. The van der Waals surface area contributed by atoms with E-state index in [1.165, 1.54) is 16.7 Å². The molecule has 2 heteroatoms. The van der Waals surface area contributed by atoms with Gasteiger partial charge >= 0.3 is 0 Å². The molecule has 0 aliphatic carbocycles. The summed E-state index contributed by atoms with van der Waals surface area (Å²) in [5.74, 6) is 0. The first-order valence-electron chi connectivity index (χ1n) is 6.10. The second-order valence-corrected chi connectivity index (χ2v) is 4.38. The van der Waals surface area contributed by atoms with Crippen LogP contribution in [0.15, 0.2) is 18.2 Å². The van der Waals surface area contributed by atoms with Gasteiger partial charge in [0.05, 0.1) is 0 Å². The van der Waals surface area contributed by atoms with Crippen molar-refractivity contribution in [3.63, 3.8) is 0 Å². The Morgan fingerprint density at radius 3 is 2.62 bits per heavy atom. The van der Waals surface area contributed by atoms with Gasteiger partial charge in [-0.25, -0.2) is 0 Å². The van der Waals surface area contributed by atoms with E-state index in [9.17, 15) is 0 Å². The average molecular weight is 221 g/mol. The monoisotopic (exact) mass is 221 g/mol. The highest BCUT2D eigenvalue weighted by Crippen LogP contribution is 2.21. The van der Waals surface area contributed by atoms with Crippen LogP contribution < -0.4 is 5.32 Å². The van der Waals surface area contributed by atoms with Crippen LogP contribution in [-0.2, 0) is 0 Å². The van der Waals surface area contributed by atoms with Crippen molar-refractivity contribution in [1.29, 1.82) is 0 Å². The molecule has 1 atom stereocenters. The zero-order valence-electron chi connectivity index (χ0n) is 10.6. The lowest BCUT2D eigenvalue weighted by molar-refractivity contribution is 0.265. The molecule has 0 aliphatic heterocycles. The van der Waals surface area contributed by atoms with Crippen LogP contribution in [0.1, 0.15) is 42.5 Å². The molecule has 0 aliphatic rings. The number of aliphatic hydroxyl groups is 1. The molecule has 0 spiro atoms. The predicted molar refractivity (Wildman–Crippen MR) is 68.7 cm³/mol. The fraction of sp³-hybridized carbons (Fsp3) is 0.571. The maximum atomic E-state index is 9.10. The number of aryl methyl sites for hydroxylation is 2. The Labute approximate surface area is 98.7 Å². The molecule has 1 aromatic carbocycles. The van der Waals surface area contributed by atoms with Gasteiger partial charge < -0.3 is 10.4 Å². The van der Waals surface area contributed by atoms with Crippen LogP contribution >= 0.6 is 0 Å². The van der Waals surface area contributed by atoms with Crippen molar-refractivity contribution in [1.82, 2.24) is 5.32 Å². The number of rotatable bonds is 6. The lowest BCUT2D eigenvalue weighted by atomic mass is 9.97. The van der Waals surface area contributed by atoms with Crippen LogP contribution in [0.4, 0.5) is 0 Å². The van der Waals surface area contributed by atoms with Gasteiger partial charge in [0, 0.05) is 12.6 Å². The van der Waals surface area contributed by atoms with Gasteiger partial charge in [0.1, 0.15) is 0 Å². The molecule has 0 saturated carbocycles. The van der Waals surface area contributed by atoms with Gasteiger partial charge in [-0.3, -0.25) is 0 Å². The van der Waals surface area contributed by atoms with Crippen LogP contribution in [0.3, 0.4) is 0 Å². The molecule has 90 valence electrons. The quantitative estimate of drug-likeness (QED) is 0.774. The van der Waals surface area contributed by atoms with E-state index < -0.39 is 0 Å². The van der Waals surface area contributed by atoms with Crippen molar-refractivity contribution in [2.24, 2.45) is 0 Å². The highest BCUT2D eigenvalue weighted by atomic mass is 16.3. The Kier molecular flexibility index (Phi) is 5.50. The molecular weight excluding hydrogens is 198 g/mol. The summed E-state index contributed by atoms with van der Waals surface area (Å²) in [5, 5.41) is 12.6. The van der Waals surface area contributed by atoms with Crippen LogP contribution in [0.2, 0.25) is 0 Å². The van der Waals surface area contributed by atoms with Crippen molar-refractivity contribution in [2.75, 3.05) is 13.2 Å². The van der Waals surface area contributed by atoms with E-state index in [1.807, 2.05) is 0 Å². The fourth-order valence-electron chi connectivity index (χ4n) is 2.03. The van der Waals surface area contributed by atoms with Crippen LogP contribution in [-0.4, -0.2) is 18.3 Å². The Hall–Kier alpha value is -0.860. The maximum absolute atomic E-state index is 9.10. The number of hydrogen-bond acceptors (Lipinski definition) is 2. The molecule has 16 heavy (non-hydrogen) atoms. The molecule has 0 saturated heterocycles. The Morgan fingerprint density at radius 1 is 1.31 bits per heavy atom. The van der Waals surface area contributed by atoms with Crippen LogP contribution in [0.5, 0.6) is 0 Å². The molecule has 0 radical (unpaired) electrons. The molecule has 1 aromatic rings. The lowest BCUT2D eigenvalue weighted by Crippen LogP contribution is -2.23. The van der Waals surface area contributed by atoms with E-state index in [0.717, 1.165) is 19.4 Å². The molecule has 0 fully saturated rings. The summed E-state index contributed by atoms with van der Waals surface area (Å²) in [5.41, 5.74) is 3.91. The van der Waals surface area contributed by atoms with Gasteiger partial charge in [0.15, 0.2) is 0 Å². The third-order valence-electron chi connectivity index (χ3n) is 2.86. The summed E-state index contributed by atoms with van der Waals surface area (Å²) in [6, 6.07) is 6.80. The molecule has 0 heterocycles. The number of hydrogen-bond donors (Lipinski definition) is 2. The minimum absolute atomic E-state index is 0.231. The Morgan fingerprint density at radius 2 is 2.06 bits per heavy atom. The second-order valence-electron chi connectivity index (χ2n) is 4.38.